The number of hydrogen-bond donors (Lipinski definition) is 2. The van der Waals surface area contributed by atoms with Gasteiger partial charge in [-0.15, -0.1) is 10.2 Å². The third-order valence-electron chi connectivity index (χ3n) is 4.76. The highest BCUT2D eigenvalue weighted by molar-refractivity contribution is 6.04. The van der Waals surface area contributed by atoms with Crippen molar-refractivity contribution in [1.29, 1.82) is 0 Å². The van der Waals surface area contributed by atoms with Crippen LogP contribution < -0.4 is 11.1 Å². The van der Waals surface area contributed by atoms with E-state index in [1.807, 2.05) is 19.1 Å². The van der Waals surface area contributed by atoms with Crippen molar-refractivity contribution in [3.63, 3.8) is 0 Å². The number of benzene rings is 1. The Labute approximate surface area is 166 Å². The zero-order chi connectivity index (χ0) is 20.4. The molecule has 8 nitrogen and oxygen atoms in total. The second-order valence-corrected chi connectivity index (χ2v) is 6.67. The van der Waals surface area contributed by atoms with Crippen LogP contribution in [0.1, 0.15) is 24.0 Å². The number of primary amides is 1. The van der Waals surface area contributed by atoms with Crippen molar-refractivity contribution in [2.24, 2.45) is 16.8 Å². The Bertz CT molecular complexity index is 1050. The molecule has 2 atom stereocenters. The number of amides is 1. The van der Waals surface area contributed by atoms with Crippen molar-refractivity contribution in [2.45, 2.75) is 26.0 Å². The standard InChI is InChI=1S/C20H19FN6O2/c1-2-15-19(23-10-11-5-3-6-12(21)9-11)24-20(26-25-15)16-13-7-4-8-14(18(22)28)17(13)29-27-16/h3-9,13,17H,2,10H2,1H3,(H2,22,28)(H,23,24,26). The molecule has 148 valence electrons. The first-order chi connectivity index (χ1) is 14.1. The van der Waals surface area contributed by atoms with E-state index in [2.05, 4.69) is 25.7 Å². The number of nitrogens with two attached hydrogens (primary N) is 1. The first-order valence-corrected chi connectivity index (χ1v) is 9.21. The minimum Gasteiger partial charge on any atom is -0.386 e. The molecule has 0 saturated heterocycles. The molecule has 2 aliphatic rings. The van der Waals surface area contributed by atoms with Crippen LogP contribution in [0.5, 0.6) is 0 Å². The lowest BCUT2D eigenvalue weighted by Crippen LogP contribution is -2.33. The maximum atomic E-state index is 13.4. The predicted octanol–water partition coefficient (Wildman–Crippen LogP) is 1.89. The van der Waals surface area contributed by atoms with Gasteiger partial charge in [0.25, 0.3) is 0 Å². The molecule has 0 bridgehead atoms. The number of nitrogens with zero attached hydrogens (tertiary/aromatic N) is 4. The maximum Gasteiger partial charge on any atom is 0.248 e. The van der Waals surface area contributed by atoms with Crippen molar-refractivity contribution >= 4 is 17.4 Å². The molecule has 4 rings (SSSR count). The van der Waals surface area contributed by atoms with Gasteiger partial charge in [-0.25, -0.2) is 9.37 Å². The molecule has 9 heteroatoms. The second-order valence-electron chi connectivity index (χ2n) is 6.67. The van der Waals surface area contributed by atoms with Crippen LogP contribution in [0, 0.1) is 11.7 Å². The van der Waals surface area contributed by atoms with E-state index in [0.717, 1.165) is 5.56 Å². The van der Waals surface area contributed by atoms with Crippen LogP contribution in [-0.2, 0) is 22.6 Å². The summed E-state index contributed by atoms with van der Waals surface area (Å²) in [4.78, 5) is 21.6. The normalized spacial score (nSPS) is 19.8. The van der Waals surface area contributed by atoms with Crippen molar-refractivity contribution in [1.82, 2.24) is 15.2 Å². The number of halogens is 1. The summed E-state index contributed by atoms with van der Waals surface area (Å²) in [5, 5.41) is 15.7. The van der Waals surface area contributed by atoms with Gasteiger partial charge in [-0.2, -0.15) is 0 Å². The fourth-order valence-corrected chi connectivity index (χ4v) is 3.28. The van der Waals surface area contributed by atoms with Crippen LogP contribution in [0.4, 0.5) is 10.2 Å². The Morgan fingerprint density at radius 1 is 1.34 bits per heavy atom. The van der Waals surface area contributed by atoms with E-state index < -0.39 is 12.0 Å². The number of nitrogens with one attached hydrogen (secondary N) is 1. The first-order valence-electron chi connectivity index (χ1n) is 9.21. The van der Waals surface area contributed by atoms with E-state index in [9.17, 15) is 9.18 Å². The SMILES string of the molecule is CCc1nnc(C2=NOC3C(C(N)=O)=CC=CC23)nc1NCc1cccc(F)c1. The van der Waals surface area contributed by atoms with Crippen LogP contribution in [0.15, 0.2) is 53.2 Å². The number of oxime groups is 1. The number of rotatable bonds is 6. The zero-order valence-electron chi connectivity index (χ0n) is 15.7. The molecule has 2 unspecified atom stereocenters. The van der Waals surface area contributed by atoms with Crippen molar-refractivity contribution in [2.75, 3.05) is 5.32 Å². The molecule has 0 radical (unpaired) electrons. The molecule has 0 fully saturated rings. The molecular weight excluding hydrogens is 375 g/mol. The van der Waals surface area contributed by atoms with Crippen LogP contribution in [0.2, 0.25) is 0 Å². The van der Waals surface area contributed by atoms with Crippen LogP contribution in [0.25, 0.3) is 0 Å². The largest absolute Gasteiger partial charge is 0.386 e. The van der Waals surface area contributed by atoms with Gasteiger partial charge in [0.1, 0.15) is 17.2 Å². The van der Waals surface area contributed by atoms with E-state index in [4.69, 9.17) is 10.6 Å². The van der Waals surface area contributed by atoms with Crippen LogP contribution >= 0.6 is 0 Å². The first kappa shape index (κ1) is 18.7. The monoisotopic (exact) mass is 394 g/mol. The molecule has 0 spiro atoms. The van der Waals surface area contributed by atoms with Gasteiger partial charge < -0.3 is 15.9 Å². The molecule has 2 heterocycles. The lowest BCUT2D eigenvalue weighted by atomic mass is 9.87. The van der Waals surface area contributed by atoms with Crippen molar-refractivity contribution in [3.8, 4) is 0 Å². The number of carbonyl (C=O) groups is 1. The van der Waals surface area contributed by atoms with Gasteiger partial charge in [0.15, 0.2) is 11.9 Å². The summed E-state index contributed by atoms with van der Waals surface area (Å²) in [6.07, 6.45) is 5.25. The molecule has 1 aromatic carbocycles. The van der Waals surface area contributed by atoms with E-state index in [-0.39, 0.29) is 11.7 Å². The molecule has 0 saturated carbocycles. The Balaban J connectivity index is 1.58. The summed E-state index contributed by atoms with van der Waals surface area (Å²) in [5.41, 5.74) is 7.70. The zero-order valence-corrected chi connectivity index (χ0v) is 15.7. The van der Waals surface area contributed by atoms with Gasteiger partial charge in [-0.05, 0) is 30.2 Å². The lowest BCUT2D eigenvalue weighted by Gasteiger charge is -2.19. The molecule has 1 aromatic heterocycles. The highest BCUT2D eigenvalue weighted by Crippen LogP contribution is 2.31. The fraction of sp³-hybridized carbons (Fsp3) is 0.250. The van der Waals surface area contributed by atoms with E-state index in [1.54, 1.807) is 18.2 Å². The predicted molar refractivity (Wildman–Crippen MR) is 104 cm³/mol. The molecule has 1 amide bonds. The third kappa shape index (κ3) is 3.71. The van der Waals surface area contributed by atoms with Gasteiger partial charge in [0.2, 0.25) is 11.7 Å². The van der Waals surface area contributed by atoms with Gasteiger partial charge in [0, 0.05) is 6.54 Å². The quantitative estimate of drug-likeness (QED) is 0.773. The third-order valence-corrected chi connectivity index (χ3v) is 4.76. The minimum atomic E-state index is -0.592. The number of hydrogen-bond acceptors (Lipinski definition) is 7. The minimum absolute atomic E-state index is 0.298. The smallest absolute Gasteiger partial charge is 0.248 e. The summed E-state index contributed by atoms with van der Waals surface area (Å²) in [7, 11) is 0. The number of fused-ring (bicyclic) bond motifs is 1. The van der Waals surface area contributed by atoms with Crippen molar-refractivity contribution in [3.05, 3.63) is 71.0 Å². The Morgan fingerprint density at radius 3 is 2.97 bits per heavy atom. The highest BCUT2D eigenvalue weighted by Gasteiger charge is 2.40. The van der Waals surface area contributed by atoms with E-state index >= 15 is 0 Å². The fourth-order valence-electron chi connectivity index (χ4n) is 3.28. The van der Waals surface area contributed by atoms with Gasteiger partial charge in [0.05, 0.1) is 11.5 Å². The van der Waals surface area contributed by atoms with Gasteiger partial charge in [-0.3, -0.25) is 4.79 Å². The average Bonchev–Trinajstić information content (AvgIpc) is 3.16. The Morgan fingerprint density at radius 2 is 2.21 bits per heavy atom. The summed E-state index contributed by atoms with van der Waals surface area (Å²) in [6, 6.07) is 6.33. The van der Waals surface area contributed by atoms with Gasteiger partial charge in [-0.1, -0.05) is 36.4 Å². The number of aryl methyl sites for hydroxylation is 1. The molecular formula is C20H19FN6O2. The van der Waals surface area contributed by atoms with Gasteiger partial charge >= 0.3 is 0 Å². The Hall–Kier alpha value is -3.62. The second kappa shape index (κ2) is 7.78. The molecule has 1 aliphatic heterocycles. The molecule has 3 N–H and O–H groups in total. The molecule has 1 aliphatic carbocycles. The van der Waals surface area contributed by atoms with E-state index in [1.165, 1.54) is 12.1 Å². The molecule has 2 aromatic rings. The van der Waals surface area contributed by atoms with Crippen LogP contribution in [0.3, 0.4) is 0 Å². The highest BCUT2D eigenvalue weighted by atomic mass is 19.1. The van der Waals surface area contributed by atoms with E-state index in [0.29, 0.717) is 41.6 Å². The maximum absolute atomic E-state index is 13.4. The average molecular weight is 394 g/mol. The summed E-state index contributed by atoms with van der Waals surface area (Å²) < 4.78 is 13.4. The summed E-state index contributed by atoms with van der Waals surface area (Å²) in [5.74, 6) is -0.343. The number of aromatic nitrogens is 3. The number of carbonyl (C=O) groups excluding carboxylic acids is 1. The number of allylic oxidation sites excluding steroid dienone is 2. The van der Waals surface area contributed by atoms with Crippen LogP contribution in [-0.4, -0.2) is 32.9 Å². The lowest BCUT2D eigenvalue weighted by molar-refractivity contribution is -0.116. The summed E-state index contributed by atoms with van der Waals surface area (Å²) >= 11 is 0. The molecule has 29 heavy (non-hydrogen) atoms. The van der Waals surface area contributed by atoms with Crippen molar-refractivity contribution < 1.29 is 14.0 Å². The topological polar surface area (TPSA) is 115 Å². The number of anilines is 1. The Kier molecular flexibility index (Phi) is 5.03. The summed E-state index contributed by atoms with van der Waals surface area (Å²) in [6.45, 7) is 2.32.